The van der Waals surface area contributed by atoms with Crippen LogP contribution in [0.25, 0.3) is 0 Å². The first-order valence-corrected chi connectivity index (χ1v) is 3.70. The molecule has 4 nitrogen and oxygen atoms in total. The molecule has 0 saturated heterocycles. The van der Waals surface area contributed by atoms with Gasteiger partial charge in [-0.15, -0.1) is 5.10 Å². The van der Waals surface area contributed by atoms with Crippen molar-refractivity contribution in [1.29, 1.82) is 0 Å². The van der Waals surface area contributed by atoms with Gasteiger partial charge in [-0.05, 0) is 6.42 Å². The molecule has 0 radical (unpaired) electrons. The average molecular weight is 194 g/mol. The van der Waals surface area contributed by atoms with Gasteiger partial charge < -0.3 is 5.73 Å². The molecular formula is C6H9F3N4. The zero-order valence-electron chi connectivity index (χ0n) is 6.75. The summed E-state index contributed by atoms with van der Waals surface area (Å²) >= 11 is 0. The third kappa shape index (κ3) is 3.77. The maximum atomic E-state index is 11.7. The fraction of sp³-hybridized carbons (Fsp3) is 0.667. The summed E-state index contributed by atoms with van der Waals surface area (Å²) in [5.74, 6) is 0.215. The molecule has 0 aliphatic carbocycles. The lowest BCUT2D eigenvalue weighted by molar-refractivity contribution is -0.136. The molecule has 0 saturated carbocycles. The van der Waals surface area contributed by atoms with Gasteiger partial charge in [-0.1, -0.05) is 5.21 Å². The number of hydrogen-bond acceptors (Lipinski definition) is 3. The van der Waals surface area contributed by atoms with E-state index in [2.05, 4.69) is 10.3 Å². The second kappa shape index (κ2) is 3.63. The largest absolute Gasteiger partial charge is 0.389 e. The molecule has 0 bridgehead atoms. The molecule has 0 aromatic carbocycles. The highest BCUT2D eigenvalue weighted by molar-refractivity contribution is 5.19. The smallest absolute Gasteiger partial charge is 0.381 e. The Balaban J connectivity index is 2.28. The molecule has 13 heavy (non-hydrogen) atoms. The minimum atomic E-state index is -4.11. The van der Waals surface area contributed by atoms with Gasteiger partial charge in [0.25, 0.3) is 0 Å². The molecule has 1 rings (SSSR count). The Labute approximate surface area is 72.5 Å². The molecule has 0 amide bonds. The number of rotatable bonds is 3. The van der Waals surface area contributed by atoms with Gasteiger partial charge in [-0.2, -0.15) is 13.2 Å². The average Bonchev–Trinajstić information content (AvgIpc) is 2.33. The van der Waals surface area contributed by atoms with E-state index in [1.54, 1.807) is 0 Å². The van der Waals surface area contributed by atoms with E-state index in [1.807, 2.05) is 0 Å². The Hall–Kier alpha value is -1.27. The number of nitrogen functional groups attached to an aromatic ring is 1. The summed E-state index contributed by atoms with van der Waals surface area (Å²) in [5.41, 5.74) is 5.22. The standard InChI is InChI=1S/C6H9F3N4/c7-6(8,9)2-1-3-13-4-5(10)11-12-13/h4H,1-3,10H2. The zero-order chi connectivity index (χ0) is 9.90. The number of anilines is 1. The van der Waals surface area contributed by atoms with E-state index < -0.39 is 12.6 Å². The third-order valence-corrected chi connectivity index (χ3v) is 1.40. The first-order chi connectivity index (χ1) is 5.97. The summed E-state index contributed by atoms with van der Waals surface area (Å²) in [6.45, 7) is 0.184. The Bertz CT molecular complexity index is 267. The number of aromatic nitrogens is 3. The van der Waals surface area contributed by atoms with E-state index in [0.29, 0.717) is 0 Å². The van der Waals surface area contributed by atoms with Crippen LogP contribution < -0.4 is 5.73 Å². The van der Waals surface area contributed by atoms with Gasteiger partial charge >= 0.3 is 6.18 Å². The van der Waals surface area contributed by atoms with E-state index in [4.69, 9.17) is 5.73 Å². The summed E-state index contributed by atoms with van der Waals surface area (Å²) in [5, 5.41) is 6.95. The van der Waals surface area contributed by atoms with E-state index in [0.717, 1.165) is 0 Å². The summed E-state index contributed by atoms with van der Waals surface area (Å²) in [7, 11) is 0. The SMILES string of the molecule is Nc1cn(CCCC(F)(F)F)nn1. The molecule has 1 aromatic rings. The second-order valence-electron chi connectivity index (χ2n) is 2.63. The summed E-state index contributed by atoms with van der Waals surface area (Å²) in [6.07, 6.45) is -3.53. The lowest BCUT2D eigenvalue weighted by atomic mass is 10.3. The maximum Gasteiger partial charge on any atom is 0.389 e. The third-order valence-electron chi connectivity index (χ3n) is 1.40. The summed E-state index contributed by atoms with van der Waals surface area (Å²) in [4.78, 5) is 0. The fourth-order valence-electron chi connectivity index (χ4n) is 0.864. The number of alkyl halides is 3. The first kappa shape index (κ1) is 9.82. The van der Waals surface area contributed by atoms with E-state index in [-0.39, 0.29) is 18.8 Å². The van der Waals surface area contributed by atoms with Crippen LogP contribution in [0.3, 0.4) is 0 Å². The fourth-order valence-corrected chi connectivity index (χ4v) is 0.864. The van der Waals surface area contributed by atoms with Crippen molar-refractivity contribution in [2.45, 2.75) is 25.6 Å². The molecule has 7 heteroatoms. The van der Waals surface area contributed by atoms with Crippen LogP contribution in [0.2, 0.25) is 0 Å². The molecule has 1 aromatic heterocycles. The van der Waals surface area contributed by atoms with Crippen LogP contribution in [0.4, 0.5) is 19.0 Å². The zero-order valence-corrected chi connectivity index (χ0v) is 6.75. The quantitative estimate of drug-likeness (QED) is 0.786. The molecule has 0 atom stereocenters. The van der Waals surface area contributed by atoms with Gasteiger partial charge in [0.2, 0.25) is 0 Å². The normalized spacial score (nSPS) is 11.9. The Morgan fingerprint density at radius 2 is 2.15 bits per heavy atom. The Morgan fingerprint density at radius 3 is 2.62 bits per heavy atom. The van der Waals surface area contributed by atoms with Gasteiger partial charge in [0.1, 0.15) is 0 Å². The van der Waals surface area contributed by atoms with Crippen molar-refractivity contribution in [3.8, 4) is 0 Å². The number of aryl methyl sites for hydroxylation is 1. The molecule has 0 aliphatic heterocycles. The summed E-state index contributed by atoms with van der Waals surface area (Å²) in [6, 6.07) is 0. The van der Waals surface area contributed by atoms with Gasteiger partial charge in [0.15, 0.2) is 5.82 Å². The van der Waals surface area contributed by atoms with Gasteiger partial charge in [0, 0.05) is 13.0 Å². The molecule has 1 heterocycles. The van der Waals surface area contributed by atoms with Crippen molar-refractivity contribution < 1.29 is 13.2 Å². The Kier molecular flexibility index (Phi) is 2.74. The van der Waals surface area contributed by atoms with Crippen LogP contribution in [-0.2, 0) is 6.54 Å². The minimum absolute atomic E-state index is 0.00764. The molecule has 74 valence electrons. The van der Waals surface area contributed by atoms with Crippen LogP contribution in [0.1, 0.15) is 12.8 Å². The lowest BCUT2D eigenvalue weighted by Gasteiger charge is -2.04. The lowest BCUT2D eigenvalue weighted by Crippen LogP contribution is -2.09. The highest BCUT2D eigenvalue weighted by atomic mass is 19.4. The minimum Gasteiger partial charge on any atom is -0.381 e. The first-order valence-electron chi connectivity index (χ1n) is 3.70. The van der Waals surface area contributed by atoms with Crippen molar-refractivity contribution in [2.24, 2.45) is 0 Å². The summed E-state index contributed by atoms with van der Waals surface area (Å²) < 4.78 is 36.4. The molecule has 0 unspecified atom stereocenters. The monoisotopic (exact) mass is 194 g/mol. The van der Waals surface area contributed by atoms with Crippen LogP contribution in [-0.4, -0.2) is 21.2 Å². The van der Waals surface area contributed by atoms with Crippen molar-refractivity contribution >= 4 is 5.82 Å². The van der Waals surface area contributed by atoms with E-state index in [9.17, 15) is 13.2 Å². The predicted molar refractivity (Wildman–Crippen MR) is 39.7 cm³/mol. The molecule has 0 aliphatic rings. The van der Waals surface area contributed by atoms with E-state index >= 15 is 0 Å². The van der Waals surface area contributed by atoms with Crippen LogP contribution in [0.5, 0.6) is 0 Å². The van der Waals surface area contributed by atoms with E-state index in [1.165, 1.54) is 10.9 Å². The predicted octanol–water partition coefficient (Wildman–Crippen LogP) is 1.20. The van der Waals surface area contributed by atoms with Crippen LogP contribution in [0, 0.1) is 0 Å². The number of halogens is 3. The van der Waals surface area contributed by atoms with Crippen molar-refractivity contribution in [1.82, 2.24) is 15.0 Å². The van der Waals surface area contributed by atoms with Gasteiger partial charge in [-0.25, -0.2) is 0 Å². The molecule has 2 N–H and O–H groups in total. The number of nitrogens with zero attached hydrogens (tertiary/aromatic N) is 3. The van der Waals surface area contributed by atoms with Gasteiger partial charge in [-0.3, -0.25) is 4.68 Å². The second-order valence-corrected chi connectivity index (χ2v) is 2.63. The van der Waals surface area contributed by atoms with Crippen molar-refractivity contribution in [3.63, 3.8) is 0 Å². The van der Waals surface area contributed by atoms with Crippen LogP contribution >= 0.6 is 0 Å². The maximum absolute atomic E-state index is 11.7. The molecule has 0 spiro atoms. The van der Waals surface area contributed by atoms with Gasteiger partial charge in [0.05, 0.1) is 6.20 Å². The van der Waals surface area contributed by atoms with Crippen LogP contribution in [0.15, 0.2) is 6.20 Å². The van der Waals surface area contributed by atoms with Crippen molar-refractivity contribution in [2.75, 3.05) is 5.73 Å². The highest BCUT2D eigenvalue weighted by Crippen LogP contribution is 2.21. The highest BCUT2D eigenvalue weighted by Gasteiger charge is 2.25. The number of hydrogen-bond donors (Lipinski definition) is 1. The molecular weight excluding hydrogens is 185 g/mol. The topological polar surface area (TPSA) is 56.7 Å². The number of nitrogens with two attached hydrogens (primary N) is 1. The Morgan fingerprint density at radius 1 is 1.46 bits per heavy atom. The van der Waals surface area contributed by atoms with Crippen molar-refractivity contribution in [3.05, 3.63) is 6.20 Å². The molecule has 0 fully saturated rings.